The lowest BCUT2D eigenvalue weighted by atomic mass is 10.0. The number of nitrogens with zero attached hydrogens (tertiary/aromatic N) is 2. The van der Waals surface area contributed by atoms with E-state index in [1.165, 1.54) is 16.7 Å². The van der Waals surface area contributed by atoms with Crippen LogP contribution in [0.15, 0.2) is 71.3 Å². The maximum atomic E-state index is 6.17. The lowest BCUT2D eigenvalue weighted by Gasteiger charge is -2.21. The van der Waals surface area contributed by atoms with Crippen molar-refractivity contribution in [2.24, 2.45) is 0 Å². The Hall–Kier alpha value is -3.64. The van der Waals surface area contributed by atoms with Gasteiger partial charge in [-0.05, 0) is 68.5 Å². The Labute approximate surface area is 200 Å². The molecular formula is C28H30N4O2. The van der Waals surface area contributed by atoms with Crippen molar-refractivity contribution >= 4 is 5.69 Å². The molecule has 0 radical (unpaired) electrons. The van der Waals surface area contributed by atoms with Crippen LogP contribution in [0.1, 0.15) is 56.0 Å². The summed E-state index contributed by atoms with van der Waals surface area (Å²) in [7, 11) is 0. The van der Waals surface area contributed by atoms with Gasteiger partial charge in [0.05, 0.1) is 11.8 Å². The van der Waals surface area contributed by atoms with Crippen molar-refractivity contribution < 1.29 is 9.26 Å². The van der Waals surface area contributed by atoms with Crippen LogP contribution in [0.3, 0.4) is 0 Å². The Balaban J connectivity index is 1.38. The first-order valence-corrected chi connectivity index (χ1v) is 11.8. The molecule has 0 unspecified atom stereocenters. The summed E-state index contributed by atoms with van der Waals surface area (Å²) >= 11 is 0. The first kappa shape index (κ1) is 22.2. The number of rotatable bonds is 7. The fraction of sp³-hybridized carbons (Fsp3) is 0.286. The molecular weight excluding hydrogens is 424 g/mol. The summed E-state index contributed by atoms with van der Waals surface area (Å²) < 4.78 is 11.3. The van der Waals surface area contributed by atoms with Crippen molar-refractivity contribution in [2.45, 2.75) is 51.8 Å². The Kier molecular flexibility index (Phi) is 6.07. The lowest BCUT2D eigenvalue weighted by Crippen LogP contribution is -2.22. The van der Waals surface area contributed by atoms with Gasteiger partial charge in [-0.15, -0.1) is 0 Å². The molecule has 1 aliphatic carbocycles. The molecule has 1 aromatic heterocycles. The molecule has 0 saturated carbocycles. The summed E-state index contributed by atoms with van der Waals surface area (Å²) in [6.45, 7) is 6.16. The average molecular weight is 455 g/mol. The third kappa shape index (κ3) is 4.41. The molecule has 4 aromatic rings. The Bertz CT molecular complexity index is 1280. The molecule has 6 nitrogen and oxygen atoms in total. The molecule has 3 aromatic carbocycles. The van der Waals surface area contributed by atoms with Gasteiger partial charge in [0.2, 0.25) is 5.82 Å². The minimum atomic E-state index is 0.0531. The second-order valence-electron chi connectivity index (χ2n) is 9.11. The topological polar surface area (TPSA) is 86.2 Å². The van der Waals surface area contributed by atoms with Crippen LogP contribution >= 0.6 is 0 Å². The molecule has 0 amide bonds. The first-order valence-electron chi connectivity index (χ1n) is 11.8. The molecule has 0 aliphatic heterocycles. The van der Waals surface area contributed by atoms with Crippen LogP contribution in [0.2, 0.25) is 0 Å². The highest BCUT2D eigenvalue weighted by atomic mass is 16.5. The number of aromatic nitrogens is 2. The molecule has 174 valence electrons. The van der Waals surface area contributed by atoms with Crippen molar-refractivity contribution in [3.63, 3.8) is 0 Å². The highest BCUT2D eigenvalue weighted by Crippen LogP contribution is 2.38. The number of fused-ring (bicyclic) bond motifs is 1. The summed E-state index contributed by atoms with van der Waals surface area (Å²) in [5.41, 5.74) is 12.4. The van der Waals surface area contributed by atoms with Crippen LogP contribution in [0.25, 0.3) is 22.8 Å². The second-order valence-corrected chi connectivity index (χ2v) is 9.11. The molecule has 5 rings (SSSR count). The zero-order valence-electron chi connectivity index (χ0n) is 19.8. The number of ether oxygens (including phenoxy) is 1. The van der Waals surface area contributed by atoms with Crippen LogP contribution in [-0.4, -0.2) is 16.2 Å². The van der Waals surface area contributed by atoms with Gasteiger partial charge in [-0.2, -0.15) is 4.98 Å². The molecule has 0 bridgehead atoms. The molecule has 3 N–H and O–H groups in total. The summed E-state index contributed by atoms with van der Waals surface area (Å²) in [4.78, 5) is 4.70. The van der Waals surface area contributed by atoms with E-state index in [0.29, 0.717) is 29.2 Å². The highest BCUT2D eigenvalue weighted by Gasteiger charge is 2.27. The molecule has 0 fully saturated rings. The van der Waals surface area contributed by atoms with E-state index in [0.717, 1.165) is 24.0 Å². The standard InChI is InChI=1S/C28H30N4O2/c1-17(2)33-26-15-12-20(16-24(26)29)28-31-27(32-34-28)23-11-7-10-22-21(23)13-14-25(22)30-18(3)19-8-5-4-6-9-19/h4-12,15-18,25,30H,13-14,29H2,1-3H3/t18-,25-/m1/s1. The predicted molar refractivity (Wildman–Crippen MR) is 134 cm³/mol. The van der Waals surface area contributed by atoms with Crippen molar-refractivity contribution in [3.05, 3.63) is 83.4 Å². The smallest absolute Gasteiger partial charge is 0.258 e. The second kappa shape index (κ2) is 9.31. The van der Waals surface area contributed by atoms with Gasteiger partial charge < -0.3 is 20.3 Å². The highest BCUT2D eigenvalue weighted by molar-refractivity contribution is 5.69. The van der Waals surface area contributed by atoms with Crippen molar-refractivity contribution in [1.82, 2.24) is 15.5 Å². The number of nitrogens with two attached hydrogens (primary N) is 1. The van der Waals surface area contributed by atoms with Crippen LogP contribution in [-0.2, 0) is 6.42 Å². The molecule has 0 saturated heterocycles. The number of hydrogen-bond donors (Lipinski definition) is 2. The maximum absolute atomic E-state index is 6.17. The van der Waals surface area contributed by atoms with E-state index in [4.69, 9.17) is 20.0 Å². The molecule has 1 heterocycles. The van der Waals surface area contributed by atoms with E-state index in [1.807, 2.05) is 32.0 Å². The van der Waals surface area contributed by atoms with Gasteiger partial charge in [-0.3, -0.25) is 0 Å². The SMILES string of the molecule is CC(C)Oc1ccc(-c2nc(-c3cccc4c3CC[C@H]4N[C@H](C)c3ccccc3)no2)cc1N. The molecule has 34 heavy (non-hydrogen) atoms. The van der Waals surface area contributed by atoms with E-state index in [1.54, 1.807) is 0 Å². The quantitative estimate of drug-likeness (QED) is 0.328. The van der Waals surface area contributed by atoms with Crippen LogP contribution in [0.5, 0.6) is 5.75 Å². The van der Waals surface area contributed by atoms with Crippen LogP contribution in [0.4, 0.5) is 5.69 Å². The number of nitrogens with one attached hydrogen (secondary N) is 1. The number of nitrogen functional groups attached to an aromatic ring is 1. The Morgan fingerprint density at radius 3 is 2.62 bits per heavy atom. The van der Waals surface area contributed by atoms with E-state index >= 15 is 0 Å². The minimum absolute atomic E-state index is 0.0531. The van der Waals surface area contributed by atoms with E-state index in [2.05, 4.69) is 65.9 Å². The predicted octanol–water partition coefficient (Wildman–Crippen LogP) is 6.11. The molecule has 2 atom stereocenters. The molecule has 0 spiro atoms. The van der Waals surface area contributed by atoms with Gasteiger partial charge in [0.25, 0.3) is 5.89 Å². The molecule has 1 aliphatic rings. The number of hydrogen-bond acceptors (Lipinski definition) is 6. The summed E-state index contributed by atoms with van der Waals surface area (Å²) in [5, 5.41) is 8.09. The average Bonchev–Trinajstić information content (AvgIpc) is 3.48. The van der Waals surface area contributed by atoms with Crippen LogP contribution < -0.4 is 15.8 Å². The van der Waals surface area contributed by atoms with Crippen molar-refractivity contribution in [3.8, 4) is 28.6 Å². The third-order valence-electron chi connectivity index (χ3n) is 6.31. The monoisotopic (exact) mass is 454 g/mol. The summed E-state index contributed by atoms with van der Waals surface area (Å²) in [6, 6.07) is 23.0. The van der Waals surface area contributed by atoms with Gasteiger partial charge in [-0.25, -0.2) is 0 Å². The first-order chi connectivity index (χ1) is 16.5. The van der Waals surface area contributed by atoms with Crippen molar-refractivity contribution in [2.75, 3.05) is 5.73 Å². The van der Waals surface area contributed by atoms with E-state index < -0.39 is 0 Å². The van der Waals surface area contributed by atoms with Gasteiger partial charge in [0.1, 0.15) is 5.75 Å². The maximum Gasteiger partial charge on any atom is 0.258 e. The normalized spacial score (nSPS) is 15.9. The number of anilines is 1. The van der Waals surface area contributed by atoms with Crippen molar-refractivity contribution in [1.29, 1.82) is 0 Å². The van der Waals surface area contributed by atoms with Gasteiger partial charge in [-0.1, -0.05) is 53.7 Å². The van der Waals surface area contributed by atoms with Gasteiger partial charge in [0.15, 0.2) is 0 Å². The third-order valence-corrected chi connectivity index (χ3v) is 6.31. The van der Waals surface area contributed by atoms with E-state index in [9.17, 15) is 0 Å². The fourth-order valence-corrected chi connectivity index (χ4v) is 4.67. The Morgan fingerprint density at radius 1 is 1.03 bits per heavy atom. The summed E-state index contributed by atoms with van der Waals surface area (Å²) in [5.74, 6) is 1.70. The molecule has 6 heteroatoms. The Morgan fingerprint density at radius 2 is 1.85 bits per heavy atom. The lowest BCUT2D eigenvalue weighted by molar-refractivity contribution is 0.244. The summed E-state index contributed by atoms with van der Waals surface area (Å²) in [6.07, 6.45) is 2.07. The van der Waals surface area contributed by atoms with Gasteiger partial charge >= 0.3 is 0 Å². The largest absolute Gasteiger partial charge is 0.489 e. The van der Waals surface area contributed by atoms with E-state index in [-0.39, 0.29) is 12.1 Å². The zero-order valence-corrected chi connectivity index (χ0v) is 19.8. The van der Waals surface area contributed by atoms with Gasteiger partial charge in [0, 0.05) is 23.2 Å². The number of benzene rings is 3. The van der Waals surface area contributed by atoms with Crippen LogP contribution in [0, 0.1) is 0 Å². The minimum Gasteiger partial charge on any atom is -0.489 e. The fourth-order valence-electron chi connectivity index (χ4n) is 4.67. The zero-order chi connectivity index (χ0) is 23.7.